The summed E-state index contributed by atoms with van der Waals surface area (Å²) in [5, 5.41) is 2.43. The molecule has 9 heteroatoms. The lowest BCUT2D eigenvalue weighted by atomic mass is 10.2. The zero-order valence-corrected chi connectivity index (χ0v) is 16.6. The van der Waals surface area contributed by atoms with Gasteiger partial charge < -0.3 is 5.32 Å². The van der Waals surface area contributed by atoms with Crippen molar-refractivity contribution in [3.8, 4) is 0 Å². The fourth-order valence-corrected chi connectivity index (χ4v) is 3.82. The predicted molar refractivity (Wildman–Crippen MR) is 106 cm³/mol. The van der Waals surface area contributed by atoms with E-state index in [0.717, 1.165) is 28.6 Å². The van der Waals surface area contributed by atoms with Crippen LogP contribution in [0.5, 0.6) is 0 Å². The van der Waals surface area contributed by atoms with Crippen LogP contribution >= 0.6 is 23.1 Å². The highest BCUT2D eigenvalue weighted by Crippen LogP contribution is 2.22. The predicted octanol–water partition coefficient (Wildman–Crippen LogP) is 2.89. The van der Waals surface area contributed by atoms with E-state index in [1.54, 1.807) is 12.1 Å². The van der Waals surface area contributed by atoms with Crippen molar-refractivity contribution < 1.29 is 18.8 Å². The molecule has 1 aromatic heterocycles. The molecule has 0 radical (unpaired) electrons. The maximum Gasteiger partial charge on any atom is 0.279 e. The summed E-state index contributed by atoms with van der Waals surface area (Å²) in [7, 11) is 0. The maximum atomic E-state index is 13.4. The smallest absolute Gasteiger partial charge is 0.279 e. The van der Waals surface area contributed by atoms with E-state index in [2.05, 4.69) is 16.2 Å². The first-order chi connectivity index (χ1) is 12.9. The van der Waals surface area contributed by atoms with Gasteiger partial charge in [-0.15, -0.1) is 23.1 Å². The Balaban J connectivity index is 1.69. The van der Waals surface area contributed by atoms with Gasteiger partial charge in [0.1, 0.15) is 5.82 Å². The van der Waals surface area contributed by atoms with Crippen LogP contribution in [-0.4, -0.2) is 29.2 Å². The van der Waals surface area contributed by atoms with E-state index >= 15 is 0 Å². The minimum Gasteiger partial charge on any atom is -0.323 e. The zero-order chi connectivity index (χ0) is 19.8. The van der Waals surface area contributed by atoms with Crippen molar-refractivity contribution in [3.63, 3.8) is 0 Å². The zero-order valence-electron chi connectivity index (χ0n) is 14.9. The Labute approximate surface area is 164 Å². The Morgan fingerprint density at radius 1 is 1.11 bits per heavy atom. The Morgan fingerprint density at radius 3 is 2.48 bits per heavy atom. The lowest BCUT2D eigenvalue weighted by Gasteiger charge is -2.07. The molecule has 0 fully saturated rings. The first-order valence-corrected chi connectivity index (χ1v) is 10.2. The van der Waals surface area contributed by atoms with Crippen LogP contribution in [0.15, 0.2) is 30.3 Å². The summed E-state index contributed by atoms with van der Waals surface area (Å²) in [6, 6.07) is 7.63. The third-order valence-corrected chi connectivity index (χ3v) is 5.81. The van der Waals surface area contributed by atoms with Crippen molar-refractivity contribution in [2.24, 2.45) is 0 Å². The summed E-state index contributed by atoms with van der Waals surface area (Å²) in [5.74, 6) is -1.78. The summed E-state index contributed by atoms with van der Waals surface area (Å²) < 4.78 is 13.4. The quantitative estimate of drug-likeness (QED) is 0.614. The number of anilines is 1. The minimum absolute atomic E-state index is 0.0142. The number of carbonyl (C=O) groups is 3. The maximum absolute atomic E-state index is 13.4. The number of halogens is 1. The summed E-state index contributed by atoms with van der Waals surface area (Å²) in [4.78, 5) is 37.2. The standard InChI is InChI=1S/C18H20FN3O3S2/c1-3-14-11(2)8-15(27-14)18(25)22-21-17(24)10-26-9-16(23)20-13-7-5-4-6-12(13)19/h4-8H,3,9-10H2,1-2H3,(H,20,23)(H,21,24)(H,22,25). The van der Waals surface area contributed by atoms with Crippen molar-refractivity contribution in [2.45, 2.75) is 20.3 Å². The highest BCUT2D eigenvalue weighted by Gasteiger charge is 2.13. The number of hydrogen-bond acceptors (Lipinski definition) is 5. The highest BCUT2D eigenvalue weighted by molar-refractivity contribution is 8.00. The molecule has 2 aromatic rings. The summed E-state index contributed by atoms with van der Waals surface area (Å²) in [6.45, 7) is 3.95. The van der Waals surface area contributed by atoms with Gasteiger partial charge in [-0.3, -0.25) is 25.2 Å². The van der Waals surface area contributed by atoms with E-state index < -0.39 is 17.6 Å². The van der Waals surface area contributed by atoms with E-state index in [9.17, 15) is 18.8 Å². The largest absolute Gasteiger partial charge is 0.323 e. The lowest BCUT2D eigenvalue weighted by molar-refractivity contribution is -0.119. The second-order valence-electron chi connectivity index (χ2n) is 5.59. The van der Waals surface area contributed by atoms with Crippen LogP contribution < -0.4 is 16.2 Å². The molecule has 1 aromatic carbocycles. The second-order valence-corrected chi connectivity index (χ2v) is 7.72. The normalized spacial score (nSPS) is 10.3. The molecule has 0 unspecified atom stereocenters. The third kappa shape index (κ3) is 6.37. The SMILES string of the molecule is CCc1sc(C(=O)NNC(=O)CSCC(=O)Nc2ccccc2F)cc1C. The van der Waals surface area contributed by atoms with E-state index in [1.165, 1.54) is 29.5 Å². The van der Waals surface area contributed by atoms with Crippen LogP contribution in [-0.2, 0) is 16.0 Å². The molecule has 1 heterocycles. The number of rotatable bonds is 7. The molecule has 0 aliphatic heterocycles. The molecule has 6 nitrogen and oxygen atoms in total. The van der Waals surface area contributed by atoms with Gasteiger partial charge in [0.2, 0.25) is 11.8 Å². The Morgan fingerprint density at radius 2 is 1.81 bits per heavy atom. The number of hydrogen-bond donors (Lipinski definition) is 3. The van der Waals surface area contributed by atoms with Gasteiger partial charge in [-0.2, -0.15) is 0 Å². The van der Waals surface area contributed by atoms with Crippen LogP contribution in [0.3, 0.4) is 0 Å². The molecule has 0 bridgehead atoms. The number of para-hydroxylation sites is 1. The fraction of sp³-hybridized carbons (Fsp3) is 0.278. The van der Waals surface area contributed by atoms with Crippen molar-refractivity contribution in [2.75, 3.05) is 16.8 Å². The van der Waals surface area contributed by atoms with Crippen LogP contribution in [0, 0.1) is 12.7 Å². The lowest BCUT2D eigenvalue weighted by Crippen LogP contribution is -2.42. The number of thiophene rings is 1. The third-order valence-electron chi connectivity index (χ3n) is 3.50. The summed E-state index contributed by atoms with van der Waals surface area (Å²) in [6.07, 6.45) is 0.849. The van der Waals surface area contributed by atoms with Gasteiger partial charge in [-0.1, -0.05) is 19.1 Å². The average Bonchev–Trinajstić information content (AvgIpc) is 3.02. The molecular formula is C18H20FN3O3S2. The molecule has 0 saturated heterocycles. The number of nitrogens with one attached hydrogen (secondary N) is 3. The highest BCUT2D eigenvalue weighted by atomic mass is 32.2. The van der Waals surface area contributed by atoms with Gasteiger partial charge in [0.25, 0.3) is 5.91 Å². The number of amides is 3. The average molecular weight is 410 g/mol. The molecule has 0 aliphatic carbocycles. The van der Waals surface area contributed by atoms with Gasteiger partial charge >= 0.3 is 0 Å². The number of thioether (sulfide) groups is 1. The molecule has 27 heavy (non-hydrogen) atoms. The van der Waals surface area contributed by atoms with Crippen molar-refractivity contribution in [1.82, 2.24) is 10.9 Å². The van der Waals surface area contributed by atoms with Gasteiger partial charge in [0.05, 0.1) is 22.1 Å². The Hall–Kier alpha value is -2.39. The molecule has 3 amide bonds. The molecular weight excluding hydrogens is 389 g/mol. The first kappa shape index (κ1) is 20.9. The Bertz CT molecular complexity index is 839. The van der Waals surface area contributed by atoms with E-state index in [-0.39, 0.29) is 23.1 Å². The number of carbonyl (C=O) groups excluding carboxylic acids is 3. The van der Waals surface area contributed by atoms with Crippen LogP contribution in [0.2, 0.25) is 0 Å². The first-order valence-electron chi connectivity index (χ1n) is 8.21. The van der Waals surface area contributed by atoms with Crippen LogP contribution in [0.4, 0.5) is 10.1 Å². The number of benzene rings is 1. The van der Waals surface area contributed by atoms with Crippen molar-refractivity contribution in [3.05, 3.63) is 51.5 Å². The van der Waals surface area contributed by atoms with Gasteiger partial charge in [-0.05, 0) is 37.1 Å². The van der Waals surface area contributed by atoms with Crippen LogP contribution in [0.1, 0.15) is 27.0 Å². The number of hydrazine groups is 1. The molecule has 0 saturated carbocycles. The van der Waals surface area contributed by atoms with Gasteiger partial charge in [0.15, 0.2) is 0 Å². The van der Waals surface area contributed by atoms with Crippen molar-refractivity contribution >= 4 is 46.5 Å². The van der Waals surface area contributed by atoms with E-state index in [1.807, 2.05) is 13.8 Å². The van der Waals surface area contributed by atoms with E-state index in [0.29, 0.717) is 4.88 Å². The topological polar surface area (TPSA) is 87.3 Å². The molecule has 2 rings (SSSR count). The minimum atomic E-state index is -0.522. The summed E-state index contributed by atoms with van der Waals surface area (Å²) in [5.41, 5.74) is 5.82. The molecule has 0 spiro atoms. The molecule has 144 valence electrons. The summed E-state index contributed by atoms with van der Waals surface area (Å²) >= 11 is 2.45. The van der Waals surface area contributed by atoms with Crippen LogP contribution in [0.25, 0.3) is 0 Å². The molecule has 0 atom stereocenters. The van der Waals surface area contributed by atoms with Gasteiger partial charge in [-0.25, -0.2) is 4.39 Å². The second kappa shape index (κ2) is 10.1. The number of aryl methyl sites for hydroxylation is 2. The monoisotopic (exact) mass is 409 g/mol. The fourth-order valence-electron chi connectivity index (χ4n) is 2.19. The van der Waals surface area contributed by atoms with Gasteiger partial charge in [0, 0.05) is 4.88 Å². The Kier molecular flexibility index (Phi) is 7.81. The van der Waals surface area contributed by atoms with Crippen molar-refractivity contribution in [1.29, 1.82) is 0 Å². The molecule has 3 N–H and O–H groups in total. The molecule has 0 aliphatic rings. The van der Waals surface area contributed by atoms with E-state index in [4.69, 9.17) is 0 Å².